The number of hydrogen-bond donors (Lipinski definition) is 2. The smallest absolute Gasteiger partial charge is 0.389 e. The van der Waals surface area contributed by atoms with Crippen LogP contribution in [0.5, 0.6) is 0 Å². The zero-order chi connectivity index (χ0) is 14.6. The molecule has 0 unspecified atom stereocenters. The zero-order valence-electron chi connectivity index (χ0n) is 10.8. The summed E-state index contributed by atoms with van der Waals surface area (Å²) in [7, 11) is 1.73. The Hall–Kier alpha value is -1.31. The Morgan fingerprint density at radius 3 is 2.58 bits per heavy atom. The molecule has 8 heteroatoms. The van der Waals surface area contributed by atoms with E-state index in [1.807, 2.05) is 0 Å². The lowest BCUT2D eigenvalue weighted by molar-refractivity contribution is -0.135. The summed E-state index contributed by atoms with van der Waals surface area (Å²) >= 11 is 4.94. The Balaban J connectivity index is 2.52. The van der Waals surface area contributed by atoms with Crippen molar-refractivity contribution in [3.8, 4) is 0 Å². The maximum absolute atomic E-state index is 12.0. The molecule has 0 aliphatic carbocycles. The normalized spacial score (nSPS) is 11.6. The van der Waals surface area contributed by atoms with Crippen LogP contribution < -0.4 is 11.1 Å². The van der Waals surface area contributed by atoms with Crippen molar-refractivity contribution in [3.63, 3.8) is 0 Å². The highest BCUT2D eigenvalue weighted by Gasteiger charge is 2.25. The van der Waals surface area contributed by atoms with Crippen LogP contribution in [0.3, 0.4) is 0 Å². The second-order valence-corrected chi connectivity index (χ2v) is 4.74. The molecule has 0 aromatic carbocycles. The summed E-state index contributed by atoms with van der Waals surface area (Å²) in [5.41, 5.74) is 6.95. The molecular formula is C11H17F3N4S. The van der Waals surface area contributed by atoms with Gasteiger partial charge < -0.3 is 11.1 Å². The summed E-state index contributed by atoms with van der Waals surface area (Å²) in [6.07, 6.45) is -4.34. The largest absolute Gasteiger partial charge is 0.389 e. The lowest BCUT2D eigenvalue weighted by Gasteiger charge is -2.10. The highest BCUT2D eigenvalue weighted by atomic mass is 32.1. The van der Waals surface area contributed by atoms with Gasteiger partial charge in [-0.05, 0) is 19.8 Å². The lowest BCUT2D eigenvalue weighted by atomic mass is 10.2. The van der Waals surface area contributed by atoms with E-state index in [4.69, 9.17) is 18.0 Å². The van der Waals surface area contributed by atoms with Gasteiger partial charge >= 0.3 is 6.18 Å². The van der Waals surface area contributed by atoms with E-state index in [0.29, 0.717) is 30.0 Å². The van der Waals surface area contributed by atoms with Gasteiger partial charge in [0.1, 0.15) is 10.8 Å². The molecule has 0 aliphatic heterocycles. The first-order valence-corrected chi connectivity index (χ1v) is 6.27. The first kappa shape index (κ1) is 15.7. The molecule has 0 saturated carbocycles. The number of nitrogens with one attached hydrogen (secondary N) is 1. The second-order valence-electron chi connectivity index (χ2n) is 4.30. The van der Waals surface area contributed by atoms with Crippen molar-refractivity contribution in [3.05, 3.63) is 11.3 Å². The molecular weight excluding hydrogens is 277 g/mol. The summed E-state index contributed by atoms with van der Waals surface area (Å²) in [5, 5.41) is 7.21. The van der Waals surface area contributed by atoms with Gasteiger partial charge in [0.25, 0.3) is 0 Å². The van der Waals surface area contributed by atoms with Crippen LogP contribution in [0.2, 0.25) is 0 Å². The number of nitrogens with two attached hydrogens (primary N) is 1. The van der Waals surface area contributed by atoms with Crippen LogP contribution >= 0.6 is 12.2 Å². The number of nitrogens with zero attached hydrogens (tertiary/aromatic N) is 2. The number of thiocarbonyl (C=S) groups is 1. The predicted molar refractivity (Wildman–Crippen MR) is 72.2 cm³/mol. The lowest BCUT2D eigenvalue weighted by Crippen LogP contribution is -2.15. The van der Waals surface area contributed by atoms with Crippen LogP contribution in [0.25, 0.3) is 0 Å². The van der Waals surface area contributed by atoms with E-state index >= 15 is 0 Å². The maximum atomic E-state index is 12.0. The van der Waals surface area contributed by atoms with Crippen LogP contribution in [0.4, 0.5) is 19.0 Å². The number of anilines is 1. The third-order valence-corrected chi connectivity index (χ3v) is 2.85. The van der Waals surface area contributed by atoms with E-state index in [2.05, 4.69) is 10.4 Å². The third-order valence-electron chi connectivity index (χ3n) is 2.65. The van der Waals surface area contributed by atoms with Gasteiger partial charge in [0.2, 0.25) is 0 Å². The predicted octanol–water partition coefficient (Wildman–Crippen LogP) is 2.51. The molecule has 0 fully saturated rings. The number of aryl methyl sites for hydroxylation is 2. The van der Waals surface area contributed by atoms with Crippen molar-refractivity contribution in [2.75, 3.05) is 11.9 Å². The molecule has 1 heterocycles. The molecule has 0 saturated heterocycles. The summed E-state index contributed by atoms with van der Waals surface area (Å²) in [4.78, 5) is 0.225. The van der Waals surface area contributed by atoms with Gasteiger partial charge in [-0.3, -0.25) is 4.68 Å². The van der Waals surface area contributed by atoms with Crippen molar-refractivity contribution in [2.24, 2.45) is 12.8 Å². The summed E-state index contributed by atoms with van der Waals surface area (Å²) < 4.78 is 37.5. The minimum Gasteiger partial charge on any atom is -0.389 e. The van der Waals surface area contributed by atoms with E-state index in [-0.39, 0.29) is 11.4 Å². The highest BCUT2D eigenvalue weighted by molar-refractivity contribution is 7.80. The van der Waals surface area contributed by atoms with Crippen LogP contribution in [0, 0.1) is 6.92 Å². The first-order valence-electron chi connectivity index (χ1n) is 5.86. The zero-order valence-corrected chi connectivity index (χ0v) is 11.7. The molecule has 0 bridgehead atoms. The van der Waals surface area contributed by atoms with Gasteiger partial charge in [-0.1, -0.05) is 12.2 Å². The van der Waals surface area contributed by atoms with Gasteiger partial charge in [-0.2, -0.15) is 18.3 Å². The van der Waals surface area contributed by atoms with Crippen molar-refractivity contribution >= 4 is 23.0 Å². The maximum Gasteiger partial charge on any atom is 0.389 e. The fourth-order valence-corrected chi connectivity index (χ4v) is 2.06. The summed E-state index contributed by atoms with van der Waals surface area (Å²) in [6.45, 7) is 2.20. The van der Waals surface area contributed by atoms with E-state index < -0.39 is 12.6 Å². The molecule has 1 aromatic rings. The van der Waals surface area contributed by atoms with Crippen molar-refractivity contribution in [1.82, 2.24) is 9.78 Å². The molecule has 1 rings (SSSR count). The Labute approximate surface area is 115 Å². The first-order chi connectivity index (χ1) is 8.72. The number of hydrogen-bond acceptors (Lipinski definition) is 3. The van der Waals surface area contributed by atoms with E-state index in [9.17, 15) is 13.2 Å². The minimum atomic E-state index is -4.09. The third kappa shape index (κ3) is 4.70. The fourth-order valence-electron chi connectivity index (χ4n) is 1.81. The van der Waals surface area contributed by atoms with Gasteiger partial charge in [-0.15, -0.1) is 0 Å². The minimum absolute atomic E-state index is 0.0930. The van der Waals surface area contributed by atoms with Crippen LogP contribution in [-0.4, -0.2) is 27.5 Å². The summed E-state index contributed by atoms with van der Waals surface area (Å²) in [5.74, 6) is 0.650. The van der Waals surface area contributed by atoms with E-state index in [1.54, 1.807) is 18.7 Å². The highest BCUT2D eigenvalue weighted by Crippen LogP contribution is 2.22. The van der Waals surface area contributed by atoms with Gasteiger partial charge in [-0.25, -0.2) is 0 Å². The number of aromatic nitrogens is 2. The van der Waals surface area contributed by atoms with Crippen molar-refractivity contribution < 1.29 is 13.2 Å². The molecule has 0 atom stereocenters. The Bertz CT molecular complexity index is 454. The van der Waals surface area contributed by atoms with E-state index in [1.165, 1.54) is 0 Å². The quantitative estimate of drug-likeness (QED) is 0.625. The molecule has 0 aliphatic rings. The Kier molecular flexibility index (Phi) is 5.16. The fraction of sp³-hybridized carbons (Fsp3) is 0.636. The molecule has 3 N–H and O–H groups in total. The number of rotatable bonds is 6. The molecule has 108 valence electrons. The molecule has 0 spiro atoms. The molecule has 4 nitrogen and oxygen atoms in total. The monoisotopic (exact) mass is 294 g/mol. The number of unbranched alkanes of at least 4 members (excludes halogenated alkanes) is 1. The van der Waals surface area contributed by atoms with Crippen LogP contribution in [0.1, 0.15) is 30.5 Å². The Morgan fingerprint density at radius 2 is 2.05 bits per heavy atom. The van der Waals surface area contributed by atoms with Gasteiger partial charge in [0, 0.05) is 20.0 Å². The molecule has 0 radical (unpaired) electrons. The average molecular weight is 294 g/mol. The standard InChI is InChI=1S/C11H17F3N4S/c1-7-8(9(15)19)10(18(2)17-7)16-6-4-3-5-11(12,13)14/h16H,3-6H2,1-2H3,(H2,15,19). The van der Waals surface area contributed by atoms with Crippen molar-refractivity contribution in [1.29, 1.82) is 0 Å². The van der Waals surface area contributed by atoms with Crippen LogP contribution in [-0.2, 0) is 7.05 Å². The Morgan fingerprint density at radius 1 is 1.42 bits per heavy atom. The number of halogens is 3. The SMILES string of the molecule is Cc1nn(C)c(NCCCCC(F)(F)F)c1C(N)=S. The molecule has 1 aromatic heterocycles. The average Bonchev–Trinajstić information content (AvgIpc) is 2.51. The molecule has 0 amide bonds. The number of alkyl halides is 3. The summed E-state index contributed by atoms with van der Waals surface area (Å²) in [6, 6.07) is 0. The topological polar surface area (TPSA) is 55.9 Å². The van der Waals surface area contributed by atoms with E-state index in [0.717, 1.165) is 0 Å². The van der Waals surface area contributed by atoms with Gasteiger partial charge in [0.15, 0.2) is 0 Å². The van der Waals surface area contributed by atoms with Gasteiger partial charge in [0.05, 0.1) is 11.3 Å². The van der Waals surface area contributed by atoms with Crippen molar-refractivity contribution in [2.45, 2.75) is 32.4 Å². The molecule has 19 heavy (non-hydrogen) atoms. The second kappa shape index (κ2) is 6.23. The van der Waals surface area contributed by atoms with Crippen LogP contribution in [0.15, 0.2) is 0 Å².